The first-order valence-electron chi connectivity index (χ1n) is 14.3. The second kappa shape index (κ2) is 11.1. The summed E-state index contributed by atoms with van der Waals surface area (Å²) >= 11 is 3.14. The van der Waals surface area contributed by atoms with E-state index in [4.69, 9.17) is 0 Å². The number of nitrogens with zero attached hydrogens (tertiary/aromatic N) is 6. The van der Waals surface area contributed by atoms with E-state index >= 15 is 4.39 Å². The van der Waals surface area contributed by atoms with Crippen molar-refractivity contribution in [2.45, 2.75) is 54.5 Å². The number of pyridine rings is 1. The molecule has 8 nitrogen and oxygen atoms in total. The van der Waals surface area contributed by atoms with Gasteiger partial charge in [0.2, 0.25) is 0 Å². The molecule has 236 valence electrons. The SMILES string of the molecule is C[C@@H]1CN(c2nc(=O)n3c4c(cc(C(F)(F)F)cc24)[SH](c2cc(Br)c(F)cc2F)C[C@@H](n2ncc4cccnc42)C3)C[C@H](C)N1. The summed E-state index contributed by atoms with van der Waals surface area (Å²) in [5, 5.41) is 8.81. The van der Waals surface area contributed by atoms with E-state index in [0.717, 1.165) is 23.6 Å². The third kappa shape index (κ3) is 5.27. The topological polar surface area (TPSA) is 80.9 Å². The fourth-order valence-electron chi connectivity index (χ4n) is 6.49. The highest BCUT2D eigenvalue weighted by molar-refractivity contribution is 9.10. The first-order valence-corrected chi connectivity index (χ1v) is 16.6. The predicted octanol–water partition coefficient (Wildman–Crippen LogP) is 6.06. The molecular weight excluding hydrogens is 681 g/mol. The highest BCUT2D eigenvalue weighted by Gasteiger charge is 2.37. The molecule has 1 N–H and O–H groups in total. The molecule has 0 radical (unpaired) electrons. The van der Waals surface area contributed by atoms with Gasteiger partial charge in [0, 0.05) is 63.8 Å². The van der Waals surface area contributed by atoms with Gasteiger partial charge in [0.15, 0.2) is 5.65 Å². The maximum Gasteiger partial charge on any atom is 0.416 e. The molecule has 5 heterocycles. The fourth-order valence-corrected chi connectivity index (χ4v) is 9.75. The molecule has 2 aliphatic rings. The van der Waals surface area contributed by atoms with Crippen molar-refractivity contribution >= 4 is 54.6 Å². The number of rotatable bonds is 3. The van der Waals surface area contributed by atoms with Gasteiger partial charge >= 0.3 is 11.9 Å². The molecule has 0 spiro atoms. The molecule has 3 aromatic heterocycles. The Morgan fingerprint density at radius 2 is 1.78 bits per heavy atom. The van der Waals surface area contributed by atoms with Crippen LogP contribution in [-0.2, 0) is 12.7 Å². The normalized spacial score (nSPS) is 23.1. The van der Waals surface area contributed by atoms with Gasteiger partial charge < -0.3 is 10.2 Å². The van der Waals surface area contributed by atoms with Crippen LogP contribution in [0.15, 0.2) is 67.9 Å². The zero-order chi connectivity index (χ0) is 31.8. The molecule has 1 saturated heterocycles. The Kier molecular flexibility index (Phi) is 7.40. The Hall–Kier alpha value is -3.56. The fraction of sp³-hybridized carbons (Fsp3) is 0.333. The first kappa shape index (κ1) is 30.1. The maximum absolute atomic E-state index is 15.7. The van der Waals surface area contributed by atoms with Crippen LogP contribution >= 0.6 is 26.8 Å². The molecule has 0 bridgehead atoms. The van der Waals surface area contributed by atoms with Crippen LogP contribution in [0.5, 0.6) is 0 Å². The van der Waals surface area contributed by atoms with Gasteiger partial charge in [-0.1, -0.05) is 0 Å². The minimum Gasteiger partial charge on any atom is -0.353 e. The zero-order valence-electron chi connectivity index (χ0n) is 24.0. The molecule has 0 saturated carbocycles. The van der Waals surface area contributed by atoms with Crippen molar-refractivity contribution in [3.63, 3.8) is 0 Å². The Balaban J connectivity index is 1.55. The van der Waals surface area contributed by atoms with Crippen LogP contribution in [-0.4, -0.2) is 55.2 Å². The Morgan fingerprint density at radius 1 is 1.02 bits per heavy atom. The number of hydrogen-bond donors (Lipinski definition) is 2. The number of aromatic nitrogens is 5. The van der Waals surface area contributed by atoms with Crippen molar-refractivity contribution in [1.82, 2.24) is 29.6 Å². The van der Waals surface area contributed by atoms with Gasteiger partial charge in [-0.05, 0) is 60.1 Å². The number of halogens is 6. The average molecular weight is 709 g/mol. The van der Waals surface area contributed by atoms with Gasteiger partial charge in [0.05, 0.1) is 34.3 Å². The molecule has 7 rings (SSSR count). The largest absolute Gasteiger partial charge is 0.416 e. The number of piperazine rings is 1. The minimum atomic E-state index is -4.75. The van der Waals surface area contributed by atoms with Crippen molar-refractivity contribution in [2.75, 3.05) is 23.7 Å². The molecule has 2 aliphatic heterocycles. The van der Waals surface area contributed by atoms with Crippen LogP contribution in [0, 0.1) is 11.6 Å². The van der Waals surface area contributed by atoms with Crippen molar-refractivity contribution in [3.05, 3.63) is 80.9 Å². The predicted molar refractivity (Wildman–Crippen MR) is 166 cm³/mol. The Labute approximate surface area is 264 Å². The zero-order valence-corrected chi connectivity index (χ0v) is 26.5. The van der Waals surface area contributed by atoms with E-state index in [1.54, 1.807) is 23.1 Å². The van der Waals surface area contributed by atoms with Crippen LogP contribution in [0.4, 0.5) is 27.8 Å². The molecule has 2 aromatic carbocycles. The Morgan fingerprint density at radius 3 is 2.51 bits per heavy atom. The van der Waals surface area contributed by atoms with Gasteiger partial charge in [-0.15, -0.1) is 0 Å². The first-order chi connectivity index (χ1) is 21.4. The van der Waals surface area contributed by atoms with Crippen LogP contribution in [0.3, 0.4) is 0 Å². The number of benzene rings is 2. The van der Waals surface area contributed by atoms with Crippen molar-refractivity contribution in [3.8, 4) is 0 Å². The molecular formula is C30H27BrF5N7OS. The summed E-state index contributed by atoms with van der Waals surface area (Å²) in [6.07, 6.45) is -1.53. The molecule has 5 aromatic rings. The quantitative estimate of drug-likeness (QED) is 0.135. The van der Waals surface area contributed by atoms with E-state index in [9.17, 15) is 22.4 Å². The summed E-state index contributed by atoms with van der Waals surface area (Å²) < 4.78 is 76.8. The highest BCUT2D eigenvalue weighted by Crippen LogP contribution is 2.54. The number of fused-ring (bicyclic) bond motifs is 1. The lowest BCUT2D eigenvalue weighted by Crippen LogP contribution is -2.55. The standard InChI is InChI=1S/C30H27BrF5N7OS/c1-15-11-41(12-16(2)39-15)28-20-6-18(30(34,35)36)7-25-26(20)42(29(44)40-28)13-19(43-27-17(10-38-43)4-3-5-37-27)14-45(25)24-8-21(31)22(32)9-23(24)33/h3-10,15-16,19,39,45H,11-14H2,1-2H3/t15-,16+,19-/m0/s1. The van der Waals surface area contributed by atoms with Crippen LogP contribution in [0.25, 0.3) is 21.9 Å². The van der Waals surface area contributed by atoms with Crippen molar-refractivity contribution < 1.29 is 22.0 Å². The van der Waals surface area contributed by atoms with E-state index in [1.807, 2.05) is 24.8 Å². The number of anilines is 1. The summed E-state index contributed by atoms with van der Waals surface area (Å²) in [7, 11) is -1.95. The van der Waals surface area contributed by atoms with E-state index in [-0.39, 0.29) is 55.4 Å². The lowest BCUT2D eigenvalue weighted by molar-refractivity contribution is -0.137. The lowest BCUT2D eigenvalue weighted by Gasteiger charge is -2.37. The summed E-state index contributed by atoms with van der Waals surface area (Å²) in [6.45, 7) is 4.75. The second-order valence-electron chi connectivity index (χ2n) is 11.6. The van der Waals surface area contributed by atoms with Gasteiger partial charge in [-0.25, -0.2) is 23.2 Å². The third-order valence-electron chi connectivity index (χ3n) is 8.28. The van der Waals surface area contributed by atoms with Crippen LogP contribution in [0.1, 0.15) is 25.5 Å². The Bertz CT molecular complexity index is 2020. The monoisotopic (exact) mass is 707 g/mol. The highest BCUT2D eigenvalue weighted by atomic mass is 79.9. The van der Waals surface area contributed by atoms with Gasteiger partial charge in [-0.2, -0.15) is 34.1 Å². The minimum absolute atomic E-state index is 0.00547. The number of nitrogens with one attached hydrogen (secondary N) is 1. The molecule has 0 aliphatic carbocycles. The van der Waals surface area contributed by atoms with Gasteiger partial charge in [0.1, 0.15) is 17.5 Å². The summed E-state index contributed by atoms with van der Waals surface area (Å²) in [5.74, 6) is -1.46. The lowest BCUT2D eigenvalue weighted by atomic mass is 10.1. The summed E-state index contributed by atoms with van der Waals surface area (Å²) in [6, 6.07) is 6.98. The van der Waals surface area contributed by atoms with E-state index in [0.29, 0.717) is 18.7 Å². The van der Waals surface area contributed by atoms with Crippen molar-refractivity contribution in [1.29, 1.82) is 0 Å². The second-order valence-corrected chi connectivity index (χ2v) is 14.6. The van der Waals surface area contributed by atoms with Gasteiger partial charge in [-0.3, -0.25) is 4.57 Å². The number of hydrogen-bond acceptors (Lipinski definition) is 6. The molecule has 0 amide bonds. The summed E-state index contributed by atoms with van der Waals surface area (Å²) in [5.41, 5.74) is -0.801. The van der Waals surface area contributed by atoms with Crippen LogP contribution < -0.4 is 15.9 Å². The van der Waals surface area contributed by atoms with E-state index < -0.39 is 46.0 Å². The summed E-state index contributed by atoms with van der Waals surface area (Å²) in [4.78, 5) is 24.8. The smallest absolute Gasteiger partial charge is 0.353 e. The molecule has 15 heteroatoms. The molecule has 1 unspecified atom stereocenters. The number of alkyl halides is 3. The average Bonchev–Trinajstić information content (AvgIpc) is 3.33. The van der Waals surface area contributed by atoms with Crippen LogP contribution in [0.2, 0.25) is 0 Å². The van der Waals surface area contributed by atoms with Gasteiger partial charge in [0.25, 0.3) is 0 Å². The van der Waals surface area contributed by atoms with Crippen molar-refractivity contribution in [2.24, 2.45) is 0 Å². The molecule has 1 fully saturated rings. The number of thiol groups is 1. The van der Waals surface area contributed by atoms with E-state index in [2.05, 4.69) is 36.3 Å². The van der Waals surface area contributed by atoms with E-state index in [1.165, 1.54) is 10.6 Å². The maximum atomic E-state index is 15.7. The molecule has 45 heavy (non-hydrogen) atoms. The molecule has 4 atom stereocenters. The third-order valence-corrected chi connectivity index (χ3v) is 11.5.